The van der Waals surface area contributed by atoms with Crippen LogP contribution in [-0.4, -0.2) is 41.9 Å². The summed E-state index contributed by atoms with van der Waals surface area (Å²) in [5, 5.41) is 11.6. The first-order chi connectivity index (χ1) is 12.0. The number of halogens is 1. The smallest absolute Gasteiger partial charge is 0.294 e. The number of carbonyl (C=O) groups is 1. The van der Waals surface area contributed by atoms with Crippen LogP contribution >= 0.6 is 11.6 Å². The zero-order valence-corrected chi connectivity index (χ0v) is 15.1. The van der Waals surface area contributed by atoms with Crippen LogP contribution in [0, 0.1) is 16.0 Å². The first kappa shape index (κ1) is 18.0. The predicted octanol–water partition coefficient (Wildman–Crippen LogP) is 3.87. The number of nitro groups is 1. The van der Waals surface area contributed by atoms with Gasteiger partial charge in [0, 0.05) is 43.7 Å². The molecule has 1 aliphatic carbocycles. The van der Waals surface area contributed by atoms with Gasteiger partial charge in [-0.3, -0.25) is 14.9 Å². The molecule has 3 rings (SSSR count). The van der Waals surface area contributed by atoms with Crippen LogP contribution < -0.4 is 4.90 Å². The van der Waals surface area contributed by atoms with Gasteiger partial charge in [0.05, 0.1) is 4.92 Å². The van der Waals surface area contributed by atoms with Gasteiger partial charge in [-0.25, -0.2) is 0 Å². The molecule has 7 heteroatoms. The maximum Gasteiger partial charge on any atom is 0.294 e. The number of anilines is 1. The lowest BCUT2D eigenvalue weighted by Crippen LogP contribution is -2.49. The number of carbonyl (C=O) groups excluding carboxylic acids is 1. The Morgan fingerprint density at radius 1 is 1.16 bits per heavy atom. The zero-order valence-electron chi connectivity index (χ0n) is 14.3. The highest BCUT2D eigenvalue weighted by molar-refractivity contribution is 6.30. The summed E-state index contributed by atoms with van der Waals surface area (Å²) in [6, 6.07) is 4.75. The van der Waals surface area contributed by atoms with Crippen molar-refractivity contribution < 1.29 is 9.72 Å². The lowest BCUT2D eigenvalue weighted by molar-refractivity contribution is -0.384. The van der Waals surface area contributed by atoms with E-state index in [-0.39, 0.29) is 11.6 Å². The molecule has 1 aromatic rings. The summed E-state index contributed by atoms with van der Waals surface area (Å²) in [6.07, 6.45) is 6.77. The van der Waals surface area contributed by atoms with Crippen LogP contribution in [-0.2, 0) is 4.79 Å². The molecule has 1 heterocycles. The largest absolute Gasteiger partial charge is 0.362 e. The Morgan fingerprint density at radius 3 is 2.48 bits per heavy atom. The van der Waals surface area contributed by atoms with Crippen molar-refractivity contribution in [2.45, 2.75) is 38.5 Å². The maximum atomic E-state index is 12.5. The summed E-state index contributed by atoms with van der Waals surface area (Å²) in [5.74, 6) is 0.772. The van der Waals surface area contributed by atoms with Gasteiger partial charge < -0.3 is 9.80 Å². The standard InChI is InChI=1S/C18H24ClN3O3/c19-15-6-7-16(17(13-15)22(24)25)20-8-10-21(11-9-20)18(23)12-14-4-2-1-3-5-14/h6-7,13-14H,1-5,8-12H2. The first-order valence-electron chi connectivity index (χ1n) is 9.01. The molecule has 0 aromatic heterocycles. The number of nitrogens with zero attached hydrogens (tertiary/aromatic N) is 3. The molecule has 1 saturated heterocycles. The van der Waals surface area contributed by atoms with Crippen LogP contribution in [0.25, 0.3) is 0 Å². The van der Waals surface area contributed by atoms with E-state index in [2.05, 4.69) is 0 Å². The van der Waals surface area contributed by atoms with Crippen molar-refractivity contribution in [2.24, 2.45) is 5.92 Å². The lowest BCUT2D eigenvalue weighted by Gasteiger charge is -2.36. The van der Waals surface area contributed by atoms with Crippen molar-refractivity contribution in [2.75, 3.05) is 31.1 Å². The van der Waals surface area contributed by atoms with E-state index >= 15 is 0 Å². The first-order valence-corrected chi connectivity index (χ1v) is 9.39. The van der Waals surface area contributed by atoms with E-state index in [1.54, 1.807) is 12.1 Å². The SMILES string of the molecule is O=C(CC1CCCCC1)N1CCN(c2ccc(Cl)cc2[N+](=O)[O-])CC1. The molecule has 1 aromatic carbocycles. The van der Waals surface area contributed by atoms with Crippen LogP contribution in [0.4, 0.5) is 11.4 Å². The zero-order chi connectivity index (χ0) is 17.8. The van der Waals surface area contributed by atoms with E-state index in [9.17, 15) is 14.9 Å². The number of piperazine rings is 1. The Bertz CT molecular complexity index is 638. The molecule has 6 nitrogen and oxygen atoms in total. The number of hydrogen-bond donors (Lipinski definition) is 0. The van der Waals surface area contributed by atoms with Crippen molar-refractivity contribution in [3.8, 4) is 0 Å². The van der Waals surface area contributed by atoms with Crippen LogP contribution in [0.3, 0.4) is 0 Å². The van der Waals surface area contributed by atoms with Gasteiger partial charge >= 0.3 is 0 Å². The molecule has 0 radical (unpaired) electrons. The molecule has 0 unspecified atom stereocenters. The van der Waals surface area contributed by atoms with E-state index in [4.69, 9.17) is 11.6 Å². The van der Waals surface area contributed by atoms with Gasteiger partial charge in [0.25, 0.3) is 5.69 Å². The number of rotatable bonds is 4. The van der Waals surface area contributed by atoms with E-state index < -0.39 is 4.92 Å². The van der Waals surface area contributed by atoms with Gasteiger partial charge in [-0.2, -0.15) is 0 Å². The van der Waals surface area contributed by atoms with Gasteiger partial charge in [0.15, 0.2) is 0 Å². The minimum atomic E-state index is -0.401. The second-order valence-corrected chi connectivity index (χ2v) is 7.40. The average molecular weight is 366 g/mol. The van der Waals surface area contributed by atoms with Crippen LogP contribution in [0.2, 0.25) is 5.02 Å². The second-order valence-electron chi connectivity index (χ2n) is 6.97. The van der Waals surface area contributed by atoms with Crippen LogP contribution in [0.1, 0.15) is 38.5 Å². The van der Waals surface area contributed by atoms with Gasteiger partial charge in [0.1, 0.15) is 5.69 Å². The molecule has 0 spiro atoms. The fraction of sp³-hybridized carbons (Fsp3) is 0.611. The quantitative estimate of drug-likeness (QED) is 0.600. The van der Waals surface area contributed by atoms with Crippen molar-refractivity contribution in [1.82, 2.24) is 4.90 Å². The summed E-state index contributed by atoms with van der Waals surface area (Å²) < 4.78 is 0. The third-order valence-corrected chi connectivity index (χ3v) is 5.53. The van der Waals surface area contributed by atoms with Crippen molar-refractivity contribution in [3.05, 3.63) is 33.3 Å². The number of nitro benzene ring substituents is 1. The molecule has 0 N–H and O–H groups in total. The number of benzene rings is 1. The van der Waals surface area contributed by atoms with Crippen molar-refractivity contribution >= 4 is 28.9 Å². The Labute approximate surface area is 152 Å². The van der Waals surface area contributed by atoms with Gasteiger partial charge in [0.2, 0.25) is 5.91 Å². The second kappa shape index (κ2) is 8.04. The molecule has 25 heavy (non-hydrogen) atoms. The summed E-state index contributed by atoms with van der Waals surface area (Å²) in [7, 11) is 0. The minimum Gasteiger partial charge on any atom is -0.362 e. The highest BCUT2D eigenvalue weighted by Crippen LogP contribution is 2.32. The molecule has 0 atom stereocenters. The summed E-state index contributed by atoms with van der Waals surface area (Å²) in [5.41, 5.74) is 0.600. The molecular formula is C18H24ClN3O3. The minimum absolute atomic E-state index is 0.0227. The van der Waals surface area contributed by atoms with Gasteiger partial charge in [-0.05, 0) is 30.9 Å². The highest BCUT2D eigenvalue weighted by Gasteiger charge is 2.27. The Kier molecular flexibility index (Phi) is 5.78. The Morgan fingerprint density at radius 2 is 1.84 bits per heavy atom. The number of amides is 1. The molecule has 2 fully saturated rings. The Balaban J connectivity index is 1.58. The fourth-order valence-corrected chi connectivity index (χ4v) is 4.04. The molecule has 136 valence electrons. The molecule has 2 aliphatic rings. The normalized spacial score (nSPS) is 19.1. The van der Waals surface area contributed by atoms with E-state index in [1.165, 1.54) is 38.2 Å². The predicted molar refractivity (Wildman–Crippen MR) is 98.1 cm³/mol. The molecule has 1 saturated carbocycles. The van der Waals surface area contributed by atoms with Crippen molar-refractivity contribution in [1.29, 1.82) is 0 Å². The molecule has 1 aliphatic heterocycles. The van der Waals surface area contributed by atoms with Crippen LogP contribution in [0.5, 0.6) is 0 Å². The summed E-state index contributed by atoms with van der Waals surface area (Å²) in [4.78, 5) is 27.3. The van der Waals surface area contributed by atoms with E-state index in [1.807, 2.05) is 9.80 Å². The van der Waals surface area contributed by atoms with E-state index in [0.717, 1.165) is 0 Å². The lowest BCUT2D eigenvalue weighted by atomic mass is 9.86. The van der Waals surface area contributed by atoms with E-state index in [0.29, 0.717) is 49.2 Å². The monoisotopic (exact) mass is 365 g/mol. The maximum absolute atomic E-state index is 12.5. The van der Waals surface area contributed by atoms with Crippen molar-refractivity contribution in [3.63, 3.8) is 0 Å². The topological polar surface area (TPSA) is 66.7 Å². The van der Waals surface area contributed by atoms with Gasteiger partial charge in [-0.15, -0.1) is 0 Å². The highest BCUT2D eigenvalue weighted by atomic mass is 35.5. The third-order valence-electron chi connectivity index (χ3n) is 5.30. The molecular weight excluding hydrogens is 342 g/mol. The Hall–Kier alpha value is -1.82. The van der Waals surface area contributed by atoms with Gasteiger partial charge in [-0.1, -0.05) is 30.9 Å². The summed E-state index contributed by atoms with van der Waals surface area (Å²) >= 11 is 5.88. The fourth-order valence-electron chi connectivity index (χ4n) is 3.87. The molecule has 1 amide bonds. The van der Waals surface area contributed by atoms with Crippen LogP contribution in [0.15, 0.2) is 18.2 Å². The molecule has 0 bridgehead atoms. The summed E-state index contributed by atoms with van der Waals surface area (Å²) in [6.45, 7) is 2.45. The number of hydrogen-bond acceptors (Lipinski definition) is 4. The average Bonchev–Trinajstić information content (AvgIpc) is 2.62. The third kappa shape index (κ3) is 4.42.